The number of benzene rings is 1. The van der Waals surface area contributed by atoms with Gasteiger partial charge in [0.05, 0.1) is 11.7 Å². The van der Waals surface area contributed by atoms with Crippen LogP contribution in [0, 0.1) is 5.82 Å². The highest BCUT2D eigenvalue weighted by Gasteiger charge is 2.30. The first-order valence-corrected chi connectivity index (χ1v) is 6.80. The Morgan fingerprint density at radius 2 is 2.10 bits per heavy atom. The minimum atomic E-state index is -0.920. The summed E-state index contributed by atoms with van der Waals surface area (Å²) in [5.74, 6) is -0.738. The second kappa shape index (κ2) is 5.29. The summed E-state index contributed by atoms with van der Waals surface area (Å²) in [4.78, 5) is 12.1. The van der Waals surface area contributed by atoms with Gasteiger partial charge in [0, 0.05) is 11.6 Å². The summed E-state index contributed by atoms with van der Waals surface area (Å²) in [6.45, 7) is 1.54. The highest BCUT2D eigenvalue weighted by molar-refractivity contribution is 5.95. The molecule has 2 aromatic rings. The van der Waals surface area contributed by atoms with Crippen molar-refractivity contribution in [3.05, 3.63) is 41.4 Å². The minimum absolute atomic E-state index is 0.0104. The molecule has 5 nitrogen and oxygen atoms in total. The van der Waals surface area contributed by atoms with Crippen LogP contribution in [-0.4, -0.2) is 22.2 Å². The fourth-order valence-corrected chi connectivity index (χ4v) is 2.14. The molecule has 3 rings (SSSR count). The van der Waals surface area contributed by atoms with E-state index in [1.165, 1.54) is 31.2 Å². The maximum absolute atomic E-state index is 13.0. The molecule has 1 atom stereocenters. The molecule has 0 saturated heterocycles. The summed E-state index contributed by atoms with van der Waals surface area (Å²) < 4.78 is 18.1. The Labute approximate surface area is 120 Å². The van der Waals surface area contributed by atoms with Crippen LogP contribution in [0.2, 0.25) is 0 Å². The third-order valence-electron chi connectivity index (χ3n) is 3.38. The normalized spacial score (nSPS) is 15.8. The number of rotatable bonds is 4. The third kappa shape index (κ3) is 2.80. The summed E-state index contributed by atoms with van der Waals surface area (Å²) in [5, 5.41) is 16.6. The van der Waals surface area contributed by atoms with Crippen molar-refractivity contribution in [2.45, 2.75) is 31.9 Å². The van der Waals surface area contributed by atoms with E-state index in [0.29, 0.717) is 16.8 Å². The molecule has 0 bridgehead atoms. The molecule has 0 aliphatic heterocycles. The van der Waals surface area contributed by atoms with Crippen LogP contribution in [0.5, 0.6) is 0 Å². The highest BCUT2D eigenvalue weighted by Crippen LogP contribution is 2.31. The lowest BCUT2D eigenvalue weighted by molar-refractivity contribution is 0.0905. The van der Waals surface area contributed by atoms with Crippen LogP contribution >= 0.6 is 0 Å². The van der Waals surface area contributed by atoms with Crippen molar-refractivity contribution in [3.63, 3.8) is 0 Å². The van der Waals surface area contributed by atoms with Gasteiger partial charge in [-0.25, -0.2) is 4.39 Å². The van der Waals surface area contributed by atoms with E-state index in [4.69, 9.17) is 4.52 Å². The van der Waals surface area contributed by atoms with Gasteiger partial charge >= 0.3 is 0 Å². The topological polar surface area (TPSA) is 75.4 Å². The van der Waals surface area contributed by atoms with Crippen LogP contribution in [0.4, 0.5) is 4.39 Å². The summed E-state index contributed by atoms with van der Waals surface area (Å²) in [6.07, 6.45) is 0.986. The molecular formula is C15H15FN2O3. The van der Waals surface area contributed by atoms with Crippen molar-refractivity contribution >= 4 is 5.91 Å². The zero-order valence-corrected chi connectivity index (χ0v) is 11.5. The lowest BCUT2D eigenvalue weighted by Gasteiger charge is -2.07. The Kier molecular flexibility index (Phi) is 3.47. The number of carbonyl (C=O) groups excluding carboxylic acids is 1. The first kappa shape index (κ1) is 13.8. The number of halogens is 1. The number of aliphatic hydroxyl groups excluding tert-OH is 1. The monoisotopic (exact) mass is 290 g/mol. The van der Waals surface area contributed by atoms with Crippen molar-refractivity contribution in [2.24, 2.45) is 0 Å². The number of carbonyl (C=O) groups is 1. The van der Waals surface area contributed by atoms with E-state index in [1.807, 2.05) is 0 Å². The van der Waals surface area contributed by atoms with Gasteiger partial charge < -0.3 is 14.9 Å². The van der Waals surface area contributed by atoms with Gasteiger partial charge in [0.15, 0.2) is 0 Å². The fraction of sp³-hybridized carbons (Fsp3) is 0.333. The Morgan fingerprint density at radius 3 is 2.67 bits per heavy atom. The second-order valence-electron chi connectivity index (χ2n) is 5.20. The van der Waals surface area contributed by atoms with Gasteiger partial charge in [0.1, 0.15) is 11.5 Å². The molecule has 1 fully saturated rings. The Hall–Kier alpha value is -2.21. The molecule has 1 aromatic carbocycles. The number of hydrogen-bond donors (Lipinski definition) is 2. The van der Waals surface area contributed by atoms with E-state index in [9.17, 15) is 14.3 Å². The van der Waals surface area contributed by atoms with E-state index in [-0.39, 0.29) is 23.5 Å². The predicted molar refractivity (Wildman–Crippen MR) is 73.0 cm³/mol. The van der Waals surface area contributed by atoms with Gasteiger partial charge in [-0.1, -0.05) is 5.16 Å². The molecule has 1 amide bonds. The van der Waals surface area contributed by atoms with Crippen molar-refractivity contribution in [3.8, 4) is 11.3 Å². The van der Waals surface area contributed by atoms with Crippen molar-refractivity contribution in [1.82, 2.24) is 10.5 Å². The number of aromatic nitrogens is 1. The Bertz CT molecular complexity index is 660. The van der Waals surface area contributed by atoms with E-state index in [1.54, 1.807) is 0 Å². The second-order valence-corrected chi connectivity index (χ2v) is 5.20. The molecule has 0 radical (unpaired) electrons. The van der Waals surface area contributed by atoms with Gasteiger partial charge in [0.25, 0.3) is 5.91 Å². The minimum Gasteiger partial charge on any atom is -0.388 e. The average Bonchev–Trinajstić information content (AvgIpc) is 3.14. The Balaban J connectivity index is 1.98. The molecule has 110 valence electrons. The van der Waals surface area contributed by atoms with Gasteiger partial charge in [-0.2, -0.15) is 0 Å². The van der Waals surface area contributed by atoms with E-state index < -0.39 is 6.10 Å². The third-order valence-corrected chi connectivity index (χ3v) is 3.38. The molecule has 1 aromatic heterocycles. The van der Waals surface area contributed by atoms with Gasteiger partial charge in [-0.15, -0.1) is 0 Å². The van der Waals surface area contributed by atoms with Crippen LogP contribution in [0.25, 0.3) is 11.3 Å². The summed E-state index contributed by atoms with van der Waals surface area (Å²) >= 11 is 0. The van der Waals surface area contributed by atoms with Crippen molar-refractivity contribution in [1.29, 1.82) is 0 Å². The van der Waals surface area contributed by atoms with E-state index in [0.717, 1.165) is 12.8 Å². The van der Waals surface area contributed by atoms with Gasteiger partial charge in [-0.3, -0.25) is 4.79 Å². The Morgan fingerprint density at radius 1 is 1.43 bits per heavy atom. The lowest BCUT2D eigenvalue weighted by Crippen LogP contribution is -2.26. The molecule has 21 heavy (non-hydrogen) atoms. The fourth-order valence-electron chi connectivity index (χ4n) is 2.14. The number of hydrogen-bond acceptors (Lipinski definition) is 4. The van der Waals surface area contributed by atoms with Crippen LogP contribution in [0.15, 0.2) is 28.8 Å². The van der Waals surface area contributed by atoms with Crippen LogP contribution in [0.3, 0.4) is 0 Å². The van der Waals surface area contributed by atoms with Crippen molar-refractivity contribution in [2.75, 3.05) is 0 Å². The first-order valence-electron chi connectivity index (χ1n) is 6.80. The number of aliphatic hydroxyl groups is 1. The predicted octanol–water partition coefficient (Wildman–Crippen LogP) is 2.43. The molecule has 1 aliphatic rings. The molecule has 6 heteroatoms. The van der Waals surface area contributed by atoms with E-state index >= 15 is 0 Å². The number of nitrogens with zero attached hydrogens (tertiary/aromatic N) is 1. The SMILES string of the molecule is C[C@H](O)c1c(-c2ccc(F)cc2)noc1C(=O)NC1CC1. The van der Waals surface area contributed by atoms with Crippen molar-refractivity contribution < 1.29 is 18.8 Å². The number of amides is 1. The van der Waals surface area contributed by atoms with Crippen LogP contribution in [0.1, 0.15) is 42.0 Å². The summed E-state index contributed by atoms with van der Waals surface area (Å²) in [7, 11) is 0. The largest absolute Gasteiger partial charge is 0.388 e. The first-order chi connectivity index (χ1) is 10.1. The molecule has 1 heterocycles. The molecule has 2 N–H and O–H groups in total. The molecule has 0 spiro atoms. The zero-order valence-electron chi connectivity index (χ0n) is 11.5. The molecular weight excluding hydrogens is 275 g/mol. The molecule has 1 saturated carbocycles. The highest BCUT2D eigenvalue weighted by atomic mass is 19.1. The maximum atomic E-state index is 13.0. The van der Waals surface area contributed by atoms with Crippen LogP contribution < -0.4 is 5.32 Å². The maximum Gasteiger partial charge on any atom is 0.290 e. The number of nitrogens with one attached hydrogen (secondary N) is 1. The molecule has 1 aliphatic carbocycles. The van der Waals surface area contributed by atoms with Gasteiger partial charge in [-0.05, 0) is 44.0 Å². The van der Waals surface area contributed by atoms with Gasteiger partial charge in [0.2, 0.25) is 5.76 Å². The zero-order chi connectivity index (χ0) is 15.0. The quantitative estimate of drug-likeness (QED) is 0.906. The lowest BCUT2D eigenvalue weighted by atomic mass is 10.0. The average molecular weight is 290 g/mol. The van der Waals surface area contributed by atoms with E-state index in [2.05, 4.69) is 10.5 Å². The summed E-state index contributed by atoms with van der Waals surface area (Å²) in [6, 6.07) is 5.82. The smallest absolute Gasteiger partial charge is 0.290 e. The standard InChI is InChI=1S/C15H15FN2O3/c1-8(19)12-13(9-2-4-10(16)5-3-9)18-21-14(12)15(20)17-11-6-7-11/h2-5,8,11,19H,6-7H2,1H3,(H,17,20)/t8-/m0/s1. The summed E-state index contributed by atoms with van der Waals surface area (Å²) in [5.41, 5.74) is 1.26. The molecule has 0 unspecified atom stereocenters. The van der Waals surface area contributed by atoms with Crippen LogP contribution in [-0.2, 0) is 0 Å².